The Morgan fingerprint density at radius 1 is 0.783 bits per heavy atom. The van der Waals surface area contributed by atoms with Crippen LogP contribution in [-0.2, 0) is 28.7 Å². The number of unbranched alkanes of at least 4 members (excludes halogenated alkanes) is 1. The fraction of sp³-hybridized carbons (Fsp3) is 0.692. The molecule has 0 fully saturated rings. The number of carbonyl (C=O) groups is 4. The molecule has 132 valence electrons. The molecule has 23 heavy (non-hydrogen) atoms. The zero-order valence-electron chi connectivity index (χ0n) is 12.9. The number of nitrogens with two attached hydrogens (primary N) is 4. The van der Waals surface area contributed by atoms with Gasteiger partial charge in [-0.05, 0) is 25.8 Å². The molecule has 0 saturated heterocycles. The lowest BCUT2D eigenvalue weighted by Gasteiger charge is -2.11. The Balaban J connectivity index is 4.07. The Morgan fingerprint density at radius 2 is 1.30 bits per heavy atom. The predicted octanol–water partition coefficient (Wildman–Crippen LogP) is -2.35. The molecule has 2 atom stereocenters. The van der Waals surface area contributed by atoms with Gasteiger partial charge in [0.15, 0.2) is 0 Å². The lowest BCUT2D eigenvalue weighted by atomic mass is 10.1. The molecule has 0 spiro atoms. The molecule has 0 heterocycles. The van der Waals surface area contributed by atoms with Gasteiger partial charge in [0.25, 0.3) is 0 Å². The highest BCUT2D eigenvalue weighted by Crippen LogP contribution is 2.04. The molecular formula is C13H24N4O6. The highest BCUT2D eigenvalue weighted by Gasteiger charge is 2.22. The molecule has 0 rings (SSSR count). The third kappa shape index (κ3) is 9.68. The topological polar surface area (TPSA) is 191 Å². The molecule has 0 aliphatic rings. The van der Waals surface area contributed by atoms with Crippen molar-refractivity contribution in [1.82, 2.24) is 0 Å². The van der Waals surface area contributed by atoms with E-state index in [9.17, 15) is 19.2 Å². The van der Waals surface area contributed by atoms with Crippen molar-refractivity contribution in [2.45, 2.75) is 44.2 Å². The van der Waals surface area contributed by atoms with Crippen LogP contribution in [-0.4, -0.2) is 49.1 Å². The van der Waals surface area contributed by atoms with Crippen LogP contribution in [0.4, 0.5) is 0 Å². The molecule has 0 aromatic carbocycles. The number of esters is 4. The van der Waals surface area contributed by atoms with Gasteiger partial charge in [-0.1, -0.05) is 6.42 Å². The summed E-state index contributed by atoms with van der Waals surface area (Å²) in [5, 5.41) is 0. The fourth-order valence-corrected chi connectivity index (χ4v) is 1.49. The zero-order valence-corrected chi connectivity index (χ0v) is 12.9. The van der Waals surface area contributed by atoms with Gasteiger partial charge in [0.05, 0.1) is 6.54 Å². The summed E-state index contributed by atoms with van der Waals surface area (Å²) in [5.41, 5.74) is 21.3. The molecule has 8 N–H and O–H groups in total. The smallest absolute Gasteiger partial charge is 0.330 e. The second-order valence-electron chi connectivity index (χ2n) is 4.83. The first-order valence-electron chi connectivity index (χ1n) is 7.22. The summed E-state index contributed by atoms with van der Waals surface area (Å²) in [6.07, 6.45) is 1.27. The Hall–Kier alpha value is -1.88. The van der Waals surface area contributed by atoms with Gasteiger partial charge in [0.1, 0.15) is 12.1 Å². The molecule has 1 unspecified atom stereocenters. The van der Waals surface area contributed by atoms with Crippen LogP contribution in [0.3, 0.4) is 0 Å². The van der Waals surface area contributed by atoms with E-state index in [1.807, 2.05) is 0 Å². The van der Waals surface area contributed by atoms with Gasteiger partial charge in [-0.15, -0.1) is 0 Å². The van der Waals surface area contributed by atoms with Crippen molar-refractivity contribution in [3.63, 3.8) is 0 Å². The van der Waals surface area contributed by atoms with E-state index in [0.717, 1.165) is 0 Å². The zero-order chi connectivity index (χ0) is 17.8. The summed E-state index contributed by atoms with van der Waals surface area (Å²) in [7, 11) is 0. The highest BCUT2D eigenvalue weighted by atomic mass is 16.6. The minimum atomic E-state index is -1.20. The van der Waals surface area contributed by atoms with Crippen LogP contribution in [0.5, 0.6) is 0 Å². The SMILES string of the molecule is NCCCCC(N)C(=O)OC(=O)CC[C@H](N)C(=O)OC(=O)CN. The second kappa shape index (κ2) is 11.7. The van der Waals surface area contributed by atoms with Crippen LogP contribution < -0.4 is 22.9 Å². The molecule has 0 radical (unpaired) electrons. The van der Waals surface area contributed by atoms with E-state index in [4.69, 9.17) is 22.9 Å². The summed E-state index contributed by atoms with van der Waals surface area (Å²) >= 11 is 0. The standard InChI is InChI=1S/C13H24N4O6/c14-6-2-1-3-8(16)12(20)22-10(18)5-4-9(17)13(21)23-11(19)7-15/h8-9H,1-7,14-17H2/t8?,9-/m0/s1. The van der Waals surface area contributed by atoms with Crippen LogP contribution in [0, 0.1) is 0 Å². The Labute approximate surface area is 133 Å². The summed E-state index contributed by atoms with van der Waals surface area (Å²) in [6, 6.07) is -2.11. The minimum absolute atomic E-state index is 0.148. The lowest BCUT2D eigenvalue weighted by molar-refractivity contribution is -0.160. The number of hydrogen-bond donors (Lipinski definition) is 4. The van der Waals surface area contributed by atoms with Crippen molar-refractivity contribution in [1.29, 1.82) is 0 Å². The largest absolute Gasteiger partial charge is 0.392 e. The van der Waals surface area contributed by atoms with E-state index in [1.54, 1.807) is 0 Å². The summed E-state index contributed by atoms with van der Waals surface area (Å²) in [4.78, 5) is 45.2. The predicted molar refractivity (Wildman–Crippen MR) is 79.3 cm³/mol. The van der Waals surface area contributed by atoms with Gasteiger partial charge in [0.2, 0.25) is 0 Å². The number of ether oxygens (including phenoxy) is 2. The molecule has 10 heteroatoms. The van der Waals surface area contributed by atoms with E-state index in [1.165, 1.54) is 0 Å². The molecule has 0 amide bonds. The van der Waals surface area contributed by atoms with Gasteiger partial charge in [0, 0.05) is 6.42 Å². The first-order valence-corrected chi connectivity index (χ1v) is 7.22. The Kier molecular flexibility index (Phi) is 10.7. The average molecular weight is 332 g/mol. The van der Waals surface area contributed by atoms with Crippen LogP contribution in [0.1, 0.15) is 32.1 Å². The highest BCUT2D eigenvalue weighted by molar-refractivity contribution is 5.90. The fourth-order valence-electron chi connectivity index (χ4n) is 1.49. The molecule has 0 aromatic heterocycles. The number of rotatable bonds is 10. The van der Waals surface area contributed by atoms with Crippen molar-refractivity contribution in [2.75, 3.05) is 13.1 Å². The molecule has 10 nitrogen and oxygen atoms in total. The van der Waals surface area contributed by atoms with Crippen LogP contribution in [0.15, 0.2) is 0 Å². The minimum Gasteiger partial charge on any atom is -0.392 e. The van der Waals surface area contributed by atoms with Crippen molar-refractivity contribution >= 4 is 23.9 Å². The van der Waals surface area contributed by atoms with Gasteiger partial charge in [-0.25, -0.2) is 9.59 Å². The van der Waals surface area contributed by atoms with E-state index in [-0.39, 0.29) is 12.8 Å². The molecule has 0 aromatic rings. The van der Waals surface area contributed by atoms with Gasteiger partial charge >= 0.3 is 23.9 Å². The van der Waals surface area contributed by atoms with E-state index < -0.39 is 42.5 Å². The van der Waals surface area contributed by atoms with E-state index >= 15 is 0 Å². The maximum Gasteiger partial charge on any atom is 0.330 e. The summed E-state index contributed by atoms with van der Waals surface area (Å²) in [6.45, 7) is 0.0262. The second-order valence-corrected chi connectivity index (χ2v) is 4.83. The molecule has 0 saturated carbocycles. The van der Waals surface area contributed by atoms with Crippen LogP contribution >= 0.6 is 0 Å². The maximum atomic E-state index is 11.5. The summed E-state index contributed by atoms with van der Waals surface area (Å²) < 4.78 is 8.84. The maximum absolute atomic E-state index is 11.5. The van der Waals surface area contributed by atoms with E-state index in [0.29, 0.717) is 25.8 Å². The summed E-state index contributed by atoms with van der Waals surface area (Å²) in [5.74, 6) is -3.64. The van der Waals surface area contributed by atoms with Crippen LogP contribution in [0.25, 0.3) is 0 Å². The third-order valence-corrected chi connectivity index (χ3v) is 2.83. The molecular weight excluding hydrogens is 308 g/mol. The molecule has 0 aliphatic carbocycles. The first kappa shape index (κ1) is 21.1. The van der Waals surface area contributed by atoms with Gasteiger partial charge < -0.3 is 32.4 Å². The van der Waals surface area contributed by atoms with Crippen LogP contribution in [0.2, 0.25) is 0 Å². The van der Waals surface area contributed by atoms with Gasteiger partial charge in [-0.3, -0.25) is 9.59 Å². The van der Waals surface area contributed by atoms with Crippen molar-refractivity contribution < 1.29 is 28.7 Å². The molecule has 0 aliphatic heterocycles. The monoisotopic (exact) mass is 332 g/mol. The average Bonchev–Trinajstić information content (AvgIpc) is 2.52. The Bertz CT molecular complexity index is 429. The van der Waals surface area contributed by atoms with Crippen molar-refractivity contribution in [2.24, 2.45) is 22.9 Å². The first-order chi connectivity index (χ1) is 10.8. The van der Waals surface area contributed by atoms with E-state index in [2.05, 4.69) is 9.47 Å². The number of hydrogen-bond acceptors (Lipinski definition) is 10. The number of carbonyl (C=O) groups excluding carboxylic acids is 4. The molecule has 0 bridgehead atoms. The van der Waals surface area contributed by atoms with Crippen molar-refractivity contribution in [3.05, 3.63) is 0 Å². The van der Waals surface area contributed by atoms with Crippen molar-refractivity contribution in [3.8, 4) is 0 Å². The normalized spacial score (nSPS) is 13.0. The Morgan fingerprint density at radius 3 is 1.83 bits per heavy atom. The third-order valence-electron chi connectivity index (χ3n) is 2.83. The lowest BCUT2D eigenvalue weighted by Crippen LogP contribution is -2.37. The quantitative estimate of drug-likeness (QED) is 0.191. The van der Waals surface area contributed by atoms with Gasteiger partial charge in [-0.2, -0.15) is 0 Å².